The molecule has 1 aromatic rings. The zero-order chi connectivity index (χ0) is 13.8. The monoisotopic (exact) mass is 285 g/mol. The van der Waals surface area contributed by atoms with Gasteiger partial charge in [0.05, 0.1) is 11.5 Å². The summed E-state index contributed by atoms with van der Waals surface area (Å²) in [6, 6.07) is 7.10. The average Bonchev–Trinajstić information content (AvgIpc) is 2.26. The van der Waals surface area contributed by atoms with Gasteiger partial charge in [0, 0.05) is 5.56 Å². The molecule has 5 heteroatoms. The van der Waals surface area contributed by atoms with E-state index < -0.39 is 9.84 Å². The number of nitrogens with two attached hydrogens (primary N) is 1. The van der Waals surface area contributed by atoms with E-state index in [4.69, 9.17) is 18.0 Å². The van der Waals surface area contributed by atoms with Crippen molar-refractivity contribution in [2.24, 2.45) is 11.7 Å². The molecule has 1 rings (SSSR count). The van der Waals surface area contributed by atoms with Crippen LogP contribution in [0.3, 0.4) is 0 Å². The van der Waals surface area contributed by atoms with Crippen LogP contribution < -0.4 is 5.73 Å². The Balaban J connectivity index is 2.78. The summed E-state index contributed by atoms with van der Waals surface area (Å²) in [5.74, 6) is 0.667. The number of hydrogen-bond donors (Lipinski definition) is 1. The van der Waals surface area contributed by atoms with Gasteiger partial charge in [0.25, 0.3) is 0 Å². The Morgan fingerprint density at radius 1 is 1.39 bits per heavy atom. The lowest BCUT2D eigenvalue weighted by atomic mass is 10.1. The average molecular weight is 285 g/mol. The molecule has 0 spiro atoms. The molecule has 0 saturated carbocycles. The predicted molar refractivity (Wildman–Crippen MR) is 79.3 cm³/mol. The highest BCUT2D eigenvalue weighted by Crippen LogP contribution is 2.12. The largest absolute Gasteiger partial charge is 0.389 e. The minimum absolute atomic E-state index is 0.0518. The van der Waals surface area contributed by atoms with Gasteiger partial charge < -0.3 is 5.73 Å². The fourth-order valence-corrected chi connectivity index (χ4v) is 3.34. The summed E-state index contributed by atoms with van der Waals surface area (Å²) >= 11 is 4.88. The van der Waals surface area contributed by atoms with Crippen molar-refractivity contribution >= 4 is 27.0 Å². The Kier molecular flexibility index (Phi) is 5.28. The molecule has 18 heavy (non-hydrogen) atoms. The summed E-state index contributed by atoms with van der Waals surface area (Å²) < 4.78 is 23.8. The van der Waals surface area contributed by atoms with E-state index in [1.165, 1.54) is 0 Å². The third kappa shape index (κ3) is 5.14. The van der Waals surface area contributed by atoms with Gasteiger partial charge >= 0.3 is 0 Å². The first-order chi connectivity index (χ1) is 8.30. The van der Waals surface area contributed by atoms with Crippen LogP contribution in [0, 0.1) is 5.92 Å². The number of rotatable bonds is 6. The molecule has 0 aliphatic rings. The Bertz CT molecular complexity index is 522. The first-order valence-electron chi connectivity index (χ1n) is 5.89. The van der Waals surface area contributed by atoms with Crippen LogP contribution in [-0.2, 0) is 15.6 Å². The molecular formula is C13H19NO2S2. The molecule has 0 saturated heterocycles. The molecule has 0 aromatic heterocycles. The lowest BCUT2D eigenvalue weighted by Crippen LogP contribution is -2.13. The van der Waals surface area contributed by atoms with Crippen LogP contribution in [0.1, 0.15) is 31.4 Å². The molecule has 1 aromatic carbocycles. The smallest absolute Gasteiger partial charge is 0.154 e. The number of thiocarbonyl (C=S) groups is 1. The van der Waals surface area contributed by atoms with Gasteiger partial charge in [-0.15, -0.1) is 0 Å². The highest BCUT2D eigenvalue weighted by molar-refractivity contribution is 7.90. The third-order valence-electron chi connectivity index (χ3n) is 2.60. The molecule has 0 amide bonds. The highest BCUT2D eigenvalue weighted by Gasteiger charge is 2.13. The maximum atomic E-state index is 11.9. The summed E-state index contributed by atoms with van der Waals surface area (Å²) in [4.78, 5) is 0.288. The van der Waals surface area contributed by atoms with Gasteiger partial charge in [-0.25, -0.2) is 8.42 Å². The van der Waals surface area contributed by atoms with Crippen molar-refractivity contribution in [3.8, 4) is 0 Å². The molecule has 2 N–H and O–H groups in total. The number of sulfone groups is 1. The Labute approximate surface area is 114 Å². The van der Waals surface area contributed by atoms with E-state index in [0.29, 0.717) is 17.9 Å². The summed E-state index contributed by atoms with van der Waals surface area (Å²) in [6.07, 6.45) is 0.692. The van der Waals surface area contributed by atoms with Crippen molar-refractivity contribution in [2.75, 3.05) is 5.75 Å². The number of benzene rings is 1. The van der Waals surface area contributed by atoms with E-state index in [0.717, 1.165) is 5.56 Å². The van der Waals surface area contributed by atoms with Crippen molar-refractivity contribution in [3.63, 3.8) is 0 Å². The van der Waals surface area contributed by atoms with Gasteiger partial charge in [-0.2, -0.15) is 0 Å². The van der Waals surface area contributed by atoms with Crippen LogP contribution in [0.4, 0.5) is 0 Å². The molecule has 0 aliphatic carbocycles. The topological polar surface area (TPSA) is 60.2 Å². The Hall–Kier alpha value is -0.940. The van der Waals surface area contributed by atoms with Crippen LogP contribution in [0.25, 0.3) is 0 Å². The summed E-state index contributed by atoms with van der Waals surface area (Å²) in [5.41, 5.74) is 6.98. The predicted octanol–water partition coefficient (Wildman–Crippen LogP) is 2.28. The van der Waals surface area contributed by atoms with Gasteiger partial charge in [0.1, 0.15) is 4.99 Å². The van der Waals surface area contributed by atoms with Crippen LogP contribution in [0.15, 0.2) is 24.3 Å². The molecule has 0 heterocycles. The molecule has 0 fully saturated rings. The summed E-state index contributed by atoms with van der Waals surface area (Å²) in [6.45, 7) is 4.03. The minimum atomic E-state index is -3.06. The van der Waals surface area contributed by atoms with Crippen molar-refractivity contribution in [3.05, 3.63) is 35.4 Å². The normalized spacial score (nSPS) is 11.7. The van der Waals surface area contributed by atoms with Gasteiger partial charge in [0.15, 0.2) is 9.84 Å². The van der Waals surface area contributed by atoms with E-state index in [2.05, 4.69) is 0 Å². The summed E-state index contributed by atoms with van der Waals surface area (Å²) in [5, 5.41) is 0. The van der Waals surface area contributed by atoms with Gasteiger partial charge in [-0.3, -0.25) is 0 Å². The van der Waals surface area contributed by atoms with E-state index >= 15 is 0 Å². The second kappa shape index (κ2) is 6.29. The zero-order valence-corrected chi connectivity index (χ0v) is 12.4. The standard InChI is InChI=1S/C13H19NO2S2/c1-10(2)6-7-18(15,16)9-11-4-3-5-12(8-11)13(14)17/h3-5,8,10H,6-7,9H2,1-2H3,(H2,14,17). The van der Waals surface area contributed by atoms with Crippen LogP contribution in [-0.4, -0.2) is 19.2 Å². The lowest BCUT2D eigenvalue weighted by Gasteiger charge is -2.07. The minimum Gasteiger partial charge on any atom is -0.389 e. The first-order valence-corrected chi connectivity index (χ1v) is 8.12. The highest BCUT2D eigenvalue weighted by atomic mass is 32.2. The van der Waals surface area contributed by atoms with E-state index in [1.807, 2.05) is 13.8 Å². The molecule has 0 radical (unpaired) electrons. The van der Waals surface area contributed by atoms with Crippen LogP contribution in [0.2, 0.25) is 0 Å². The fourth-order valence-electron chi connectivity index (χ4n) is 1.56. The Morgan fingerprint density at radius 3 is 2.61 bits per heavy atom. The first kappa shape index (κ1) is 15.1. The molecule has 0 unspecified atom stereocenters. The maximum absolute atomic E-state index is 11.9. The van der Waals surface area contributed by atoms with Gasteiger partial charge in [-0.1, -0.05) is 44.3 Å². The number of hydrogen-bond acceptors (Lipinski definition) is 3. The lowest BCUT2D eigenvalue weighted by molar-refractivity contribution is 0.573. The third-order valence-corrected chi connectivity index (χ3v) is 4.47. The molecule has 0 bridgehead atoms. The SMILES string of the molecule is CC(C)CCS(=O)(=O)Cc1cccc(C(N)=S)c1. The van der Waals surface area contributed by atoms with Crippen LogP contribution >= 0.6 is 12.2 Å². The van der Waals surface area contributed by atoms with Crippen LogP contribution in [0.5, 0.6) is 0 Å². The fraction of sp³-hybridized carbons (Fsp3) is 0.462. The van der Waals surface area contributed by atoms with Gasteiger partial charge in [-0.05, 0) is 24.0 Å². The van der Waals surface area contributed by atoms with Crippen molar-refractivity contribution < 1.29 is 8.42 Å². The molecule has 100 valence electrons. The zero-order valence-electron chi connectivity index (χ0n) is 10.7. The summed E-state index contributed by atoms with van der Waals surface area (Å²) in [7, 11) is -3.06. The second-order valence-corrected chi connectivity index (χ2v) is 7.46. The Morgan fingerprint density at radius 2 is 2.06 bits per heavy atom. The quantitative estimate of drug-likeness (QED) is 0.815. The van der Waals surface area contributed by atoms with E-state index in [-0.39, 0.29) is 16.5 Å². The van der Waals surface area contributed by atoms with Crippen molar-refractivity contribution in [1.29, 1.82) is 0 Å². The molecular weight excluding hydrogens is 266 g/mol. The van der Waals surface area contributed by atoms with E-state index in [9.17, 15) is 8.42 Å². The molecule has 3 nitrogen and oxygen atoms in total. The van der Waals surface area contributed by atoms with Crippen molar-refractivity contribution in [2.45, 2.75) is 26.0 Å². The molecule has 0 aliphatic heterocycles. The maximum Gasteiger partial charge on any atom is 0.154 e. The van der Waals surface area contributed by atoms with Gasteiger partial charge in [0.2, 0.25) is 0 Å². The second-order valence-electron chi connectivity index (χ2n) is 4.84. The van der Waals surface area contributed by atoms with Crippen molar-refractivity contribution in [1.82, 2.24) is 0 Å². The molecule has 0 atom stereocenters. The van der Waals surface area contributed by atoms with E-state index in [1.54, 1.807) is 24.3 Å².